The Morgan fingerprint density at radius 1 is 1.06 bits per heavy atom. The molecule has 0 radical (unpaired) electrons. The van der Waals surface area contributed by atoms with Crippen LogP contribution in [0.25, 0.3) is 10.1 Å². The van der Waals surface area contributed by atoms with Gasteiger partial charge in [-0.15, -0.1) is 11.3 Å². The number of nitrogens with one attached hydrogen (secondary N) is 2. The lowest BCUT2D eigenvalue weighted by Gasteiger charge is -2.14. The van der Waals surface area contributed by atoms with Gasteiger partial charge in [-0.2, -0.15) is 0 Å². The maximum Gasteiger partial charge on any atom is 0.349 e. The van der Waals surface area contributed by atoms with Crippen molar-refractivity contribution in [1.29, 1.82) is 0 Å². The van der Waals surface area contributed by atoms with E-state index in [1.165, 1.54) is 43.3 Å². The molecule has 0 fully saturated rings. The number of anilines is 1. The first kappa shape index (κ1) is 22.9. The first-order chi connectivity index (χ1) is 14.6. The van der Waals surface area contributed by atoms with Gasteiger partial charge in [0.15, 0.2) is 6.10 Å². The lowest BCUT2D eigenvalue weighted by molar-refractivity contribution is -0.123. The van der Waals surface area contributed by atoms with E-state index in [0.29, 0.717) is 15.8 Å². The van der Waals surface area contributed by atoms with E-state index in [-0.39, 0.29) is 15.8 Å². The largest absolute Gasteiger partial charge is 0.448 e. The molecule has 0 spiro atoms. The molecule has 1 atom stereocenters. The molecule has 2 N–H and O–H groups in total. The monoisotopic (exact) mass is 464 g/mol. The van der Waals surface area contributed by atoms with Crippen LogP contribution in [0.15, 0.2) is 53.4 Å². The molecule has 1 heterocycles. The van der Waals surface area contributed by atoms with Crippen molar-refractivity contribution < 1.29 is 27.1 Å². The van der Waals surface area contributed by atoms with Crippen molar-refractivity contribution in [2.75, 3.05) is 5.32 Å². The summed E-state index contributed by atoms with van der Waals surface area (Å²) in [7, 11) is -3.64. The highest BCUT2D eigenvalue weighted by atomic mass is 32.2. The molecule has 3 aromatic rings. The van der Waals surface area contributed by atoms with Crippen molar-refractivity contribution in [3.05, 3.63) is 59.2 Å². The molecule has 0 aliphatic carbocycles. The van der Waals surface area contributed by atoms with Crippen LogP contribution in [0.2, 0.25) is 0 Å². The fourth-order valence-corrected chi connectivity index (χ4v) is 4.95. The molecule has 7 nitrogen and oxygen atoms in total. The van der Waals surface area contributed by atoms with Gasteiger partial charge in [0, 0.05) is 21.8 Å². The molecule has 0 saturated heterocycles. The summed E-state index contributed by atoms with van der Waals surface area (Å²) >= 11 is 1.08. The summed E-state index contributed by atoms with van der Waals surface area (Å²) in [6.45, 7) is 4.83. The SMILES string of the molecule is CC(C)NS(=O)(=O)c1ccc(NC(=O)C(C)OC(=O)c2cc3c(F)cccc3s2)cc1. The molecule has 1 unspecified atom stereocenters. The van der Waals surface area contributed by atoms with E-state index in [9.17, 15) is 22.4 Å². The number of rotatable bonds is 7. The fourth-order valence-electron chi connectivity index (χ4n) is 2.74. The average molecular weight is 465 g/mol. The lowest BCUT2D eigenvalue weighted by Crippen LogP contribution is -2.30. The van der Waals surface area contributed by atoms with Crippen LogP contribution in [0.5, 0.6) is 0 Å². The quantitative estimate of drug-likeness (QED) is 0.516. The van der Waals surface area contributed by atoms with Crippen LogP contribution < -0.4 is 10.0 Å². The van der Waals surface area contributed by atoms with Crippen LogP contribution >= 0.6 is 11.3 Å². The first-order valence-electron chi connectivity index (χ1n) is 9.39. The van der Waals surface area contributed by atoms with Crippen LogP contribution in [0.3, 0.4) is 0 Å². The lowest BCUT2D eigenvalue weighted by atomic mass is 10.2. The normalized spacial score (nSPS) is 12.7. The third-order valence-corrected chi connectivity index (χ3v) is 6.94. The maximum atomic E-state index is 13.8. The Bertz CT molecular complexity index is 1220. The predicted octanol–water partition coefficient (Wildman–Crippen LogP) is 3.91. The topological polar surface area (TPSA) is 102 Å². The van der Waals surface area contributed by atoms with E-state index in [4.69, 9.17) is 4.74 Å². The zero-order valence-electron chi connectivity index (χ0n) is 17.0. The summed E-state index contributed by atoms with van der Waals surface area (Å²) in [5.74, 6) is -1.76. The van der Waals surface area contributed by atoms with Crippen molar-refractivity contribution in [3.8, 4) is 0 Å². The highest BCUT2D eigenvalue weighted by Gasteiger charge is 2.22. The van der Waals surface area contributed by atoms with E-state index in [2.05, 4.69) is 10.0 Å². The molecular formula is C21H21FN2O5S2. The van der Waals surface area contributed by atoms with Gasteiger partial charge in [-0.3, -0.25) is 4.79 Å². The molecule has 3 rings (SSSR count). The Hall–Kier alpha value is -2.82. The number of sulfonamides is 1. The molecule has 2 aromatic carbocycles. The van der Waals surface area contributed by atoms with Crippen LogP contribution in [0.1, 0.15) is 30.4 Å². The predicted molar refractivity (Wildman–Crippen MR) is 117 cm³/mol. The Kier molecular flexibility index (Phi) is 6.73. The molecule has 1 amide bonds. The summed E-state index contributed by atoms with van der Waals surface area (Å²) in [5, 5.41) is 2.88. The number of carbonyl (C=O) groups is 2. The minimum Gasteiger partial charge on any atom is -0.448 e. The van der Waals surface area contributed by atoms with Crippen molar-refractivity contribution in [2.45, 2.75) is 37.8 Å². The zero-order valence-corrected chi connectivity index (χ0v) is 18.6. The number of halogens is 1. The second kappa shape index (κ2) is 9.13. The molecule has 0 aliphatic heterocycles. The molecule has 31 heavy (non-hydrogen) atoms. The number of hydrogen-bond donors (Lipinski definition) is 2. The molecule has 0 bridgehead atoms. The minimum absolute atomic E-state index is 0.0654. The Balaban J connectivity index is 1.63. The summed E-state index contributed by atoms with van der Waals surface area (Å²) in [5.41, 5.74) is 0.348. The van der Waals surface area contributed by atoms with Crippen LogP contribution in [-0.2, 0) is 19.6 Å². The van der Waals surface area contributed by atoms with Crippen molar-refractivity contribution in [1.82, 2.24) is 4.72 Å². The van der Waals surface area contributed by atoms with E-state index in [0.717, 1.165) is 11.3 Å². The van der Waals surface area contributed by atoms with Gasteiger partial charge in [0.2, 0.25) is 10.0 Å². The van der Waals surface area contributed by atoms with Gasteiger partial charge in [0.05, 0.1) is 4.90 Å². The van der Waals surface area contributed by atoms with Crippen molar-refractivity contribution >= 4 is 49.0 Å². The van der Waals surface area contributed by atoms with Gasteiger partial charge in [-0.05, 0) is 63.2 Å². The summed E-state index contributed by atoms with van der Waals surface area (Å²) in [4.78, 5) is 25.0. The summed E-state index contributed by atoms with van der Waals surface area (Å²) in [6, 6.07) is 11.3. The number of fused-ring (bicyclic) bond motifs is 1. The molecule has 1 aromatic heterocycles. The molecule has 0 aliphatic rings. The van der Waals surface area contributed by atoms with Crippen LogP contribution in [0, 0.1) is 5.82 Å². The molecule has 10 heteroatoms. The second-order valence-electron chi connectivity index (χ2n) is 7.10. The van der Waals surface area contributed by atoms with Gasteiger partial charge in [0.25, 0.3) is 5.91 Å². The van der Waals surface area contributed by atoms with Gasteiger partial charge in [-0.1, -0.05) is 6.07 Å². The van der Waals surface area contributed by atoms with Gasteiger partial charge < -0.3 is 10.1 Å². The van der Waals surface area contributed by atoms with Gasteiger partial charge >= 0.3 is 5.97 Å². The number of amides is 1. The summed E-state index contributed by atoms with van der Waals surface area (Å²) < 4.78 is 46.4. The minimum atomic E-state index is -3.64. The highest BCUT2D eigenvalue weighted by Crippen LogP contribution is 2.28. The van der Waals surface area contributed by atoms with Crippen LogP contribution in [0.4, 0.5) is 10.1 Å². The van der Waals surface area contributed by atoms with Gasteiger partial charge in [0.1, 0.15) is 10.7 Å². The Labute approximate surface area is 183 Å². The maximum absolute atomic E-state index is 13.8. The third-order valence-electron chi connectivity index (χ3n) is 4.19. The standard InChI is InChI=1S/C21H21FN2O5S2/c1-12(2)24-31(27,28)15-9-7-14(8-10-15)23-20(25)13(3)29-21(26)19-11-16-17(22)5-4-6-18(16)30-19/h4-13,24H,1-3H3,(H,23,25). The molecular weight excluding hydrogens is 443 g/mol. The van der Waals surface area contributed by atoms with E-state index in [1.54, 1.807) is 26.0 Å². The highest BCUT2D eigenvalue weighted by molar-refractivity contribution is 7.89. The Morgan fingerprint density at radius 3 is 2.35 bits per heavy atom. The van der Waals surface area contributed by atoms with Crippen LogP contribution in [-0.4, -0.2) is 32.4 Å². The van der Waals surface area contributed by atoms with E-state index >= 15 is 0 Å². The van der Waals surface area contributed by atoms with Gasteiger partial charge in [-0.25, -0.2) is 22.3 Å². The smallest absolute Gasteiger partial charge is 0.349 e. The number of hydrogen-bond acceptors (Lipinski definition) is 6. The molecule has 164 valence electrons. The number of ether oxygens (including phenoxy) is 1. The number of esters is 1. The first-order valence-corrected chi connectivity index (χ1v) is 11.7. The fraction of sp³-hybridized carbons (Fsp3) is 0.238. The number of thiophene rings is 1. The van der Waals surface area contributed by atoms with E-state index in [1.807, 2.05) is 0 Å². The average Bonchev–Trinajstić information content (AvgIpc) is 3.13. The van der Waals surface area contributed by atoms with Crippen molar-refractivity contribution in [3.63, 3.8) is 0 Å². The summed E-state index contributed by atoms with van der Waals surface area (Å²) in [6.07, 6.45) is -1.12. The van der Waals surface area contributed by atoms with Crippen molar-refractivity contribution in [2.24, 2.45) is 0 Å². The number of carbonyl (C=O) groups excluding carboxylic acids is 2. The Morgan fingerprint density at radius 2 is 1.74 bits per heavy atom. The number of benzene rings is 2. The molecule has 0 saturated carbocycles. The zero-order chi connectivity index (χ0) is 22.8. The second-order valence-corrected chi connectivity index (χ2v) is 9.90. The van der Waals surface area contributed by atoms with E-state index < -0.39 is 33.8 Å². The third kappa shape index (κ3) is 5.46.